The van der Waals surface area contributed by atoms with Crippen LogP contribution in [0.3, 0.4) is 0 Å². The monoisotopic (exact) mass is 555 g/mol. The number of nitrogens with one attached hydrogen (secondary N) is 2. The number of aliphatic imine (C=N–C) groups is 1. The van der Waals surface area contributed by atoms with Crippen LogP contribution in [0.25, 0.3) is 0 Å². The molecule has 1 fully saturated rings. The molecule has 176 valence electrons. The van der Waals surface area contributed by atoms with Crippen molar-refractivity contribution in [2.24, 2.45) is 4.99 Å². The molecule has 1 aromatic heterocycles. The van der Waals surface area contributed by atoms with Crippen molar-refractivity contribution < 1.29 is 13.9 Å². The number of carbonyl (C=O) groups excluding carboxylic acids is 1. The number of hydrogen-bond donors (Lipinski definition) is 2. The van der Waals surface area contributed by atoms with Crippen LogP contribution in [0.4, 0.5) is 0 Å². The van der Waals surface area contributed by atoms with E-state index in [1.54, 1.807) is 0 Å². The first-order valence-electron chi connectivity index (χ1n) is 10.8. The number of rotatable bonds is 6. The first-order valence-corrected chi connectivity index (χ1v) is 10.8. The summed E-state index contributed by atoms with van der Waals surface area (Å²) in [4.78, 5) is 23.7. The lowest BCUT2D eigenvalue weighted by molar-refractivity contribution is -0.0586. The van der Waals surface area contributed by atoms with Gasteiger partial charge in [0.25, 0.3) is 5.91 Å². The first kappa shape index (κ1) is 26.1. The summed E-state index contributed by atoms with van der Waals surface area (Å²) in [5, 5.41) is 6.46. The van der Waals surface area contributed by atoms with Gasteiger partial charge in [0.1, 0.15) is 5.76 Å². The quantitative estimate of drug-likeness (QED) is 0.323. The average molecular weight is 555 g/mol. The lowest BCUT2D eigenvalue weighted by Crippen LogP contribution is -2.48. The minimum absolute atomic E-state index is 0. The zero-order valence-corrected chi connectivity index (χ0v) is 21.8. The summed E-state index contributed by atoms with van der Waals surface area (Å²) in [6.45, 7) is 12.8. The molecule has 1 aromatic carbocycles. The number of morpholine rings is 1. The van der Waals surface area contributed by atoms with E-state index in [-0.39, 0.29) is 42.1 Å². The minimum Gasteiger partial charge on any atom is -0.444 e. The Morgan fingerprint density at radius 3 is 2.38 bits per heavy atom. The summed E-state index contributed by atoms with van der Waals surface area (Å²) in [5.41, 5.74) is 2.61. The van der Waals surface area contributed by atoms with Crippen LogP contribution in [0.15, 0.2) is 33.7 Å². The van der Waals surface area contributed by atoms with Gasteiger partial charge in [0, 0.05) is 25.2 Å². The zero-order chi connectivity index (χ0) is 22.4. The van der Waals surface area contributed by atoms with Gasteiger partial charge in [-0.1, -0.05) is 12.1 Å². The molecule has 3 rings (SSSR count). The third-order valence-corrected chi connectivity index (χ3v) is 5.15. The van der Waals surface area contributed by atoms with Gasteiger partial charge in [-0.15, -0.1) is 24.0 Å². The smallest absolute Gasteiger partial charge is 0.254 e. The van der Waals surface area contributed by atoms with E-state index in [9.17, 15) is 4.79 Å². The van der Waals surface area contributed by atoms with Crippen LogP contribution >= 0.6 is 24.0 Å². The number of halogens is 1. The SMILES string of the molecule is CCNC(=NCc1ccc(C(=O)N2CC(C)OC(C)C2)cc1)NCc1nc(C)c(C)o1.I. The second-order valence-corrected chi connectivity index (χ2v) is 7.96. The Labute approximate surface area is 207 Å². The number of nitrogens with zero attached hydrogens (tertiary/aromatic N) is 3. The predicted octanol–water partition coefficient (Wildman–Crippen LogP) is 3.41. The molecule has 0 radical (unpaired) electrons. The maximum Gasteiger partial charge on any atom is 0.254 e. The highest BCUT2D eigenvalue weighted by Gasteiger charge is 2.26. The van der Waals surface area contributed by atoms with Gasteiger partial charge in [0.05, 0.1) is 31.0 Å². The van der Waals surface area contributed by atoms with Crippen molar-refractivity contribution in [3.63, 3.8) is 0 Å². The normalized spacial score (nSPS) is 18.8. The Hall–Kier alpha value is -2.14. The van der Waals surface area contributed by atoms with Gasteiger partial charge in [-0.05, 0) is 52.3 Å². The van der Waals surface area contributed by atoms with E-state index in [0.29, 0.717) is 43.6 Å². The van der Waals surface area contributed by atoms with Gasteiger partial charge >= 0.3 is 0 Å². The van der Waals surface area contributed by atoms with Gasteiger partial charge < -0.3 is 24.7 Å². The lowest BCUT2D eigenvalue weighted by atomic mass is 10.1. The molecular weight excluding hydrogens is 521 g/mol. The number of carbonyl (C=O) groups is 1. The van der Waals surface area contributed by atoms with Gasteiger partial charge in [-0.25, -0.2) is 9.98 Å². The summed E-state index contributed by atoms with van der Waals surface area (Å²) in [7, 11) is 0. The van der Waals surface area contributed by atoms with Crippen molar-refractivity contribution in [2.75, 3.05) is 19.6 Å². The van der Waals surface area contributed by atoms with Crippen LogP contribution in [-0.4, -0.2) is 53.6 Å². The van der Waals surface area contributed by atoms with E-state index in [0.717, 1.165) is 23.6 Å². The molecule has 2 heterocycles. The van der Waals surface area contributed by atoms with Crippen LogP contribution in [-0.2, 0) is 17.8 Å². The van der Waals surface area contributed by atoms with E-state index in [2.05, 4.69) is 20.6 Å². The fraction of sp³-hybridized carbons (Fsp3) is 0.522. The van der Waals surface area contributed by atoms with E-state index >= 15 is 0 Å². The van der Waals surface area contributed by atoms with Crippen molar-refractivity contribution in [1.29, 1.82) is 0 Å². The maximum atomic E-state index is 12.8. The molecule has 2 N–H and O–H groups in total. The predicted molar refractivity (Wildman–Crippen MR) is 135 cm³/mol. The zero-order valence-electron chi connectivity index (χ0n) is 19.5. The molecule has 0 bridgehead atoms. The van der Waals surface area contributed by atoms with Crippen LogP contribution < -0.4 is 10.6 Å². The highest BCUT2D eigenvalue weighted by atomic mass is 127. The van der Waals surface area contributed by atoms with Crippen molar-refractivity contribution in [1.82, 2.24) is 20.5 Å². The molecule has 0 aliphatic carbocycles. The van der Waals surface area contributed by atoms with Crippen LogP contribution in [0.5, 0.6) is 0 Å². The summed E-state index contributed by atoms with van der Waals surface area (Å²) in [6, 6.07) is 7.65. The van der Waals surface area contributed by atoms with Crippen molar-refractivity contribution in [3.8, 4) is 0 Å². The lowest BCUT2D eigenvalue weighted by Gasteiger charge is -2.35. The summed E-state index contributed by atoms with van der Waals surface area (Å²) in [5.74, 6) is 2.20. The number of ether oxygens (including phenoxy) is 1. The fourth-order valence-corrected chi connectivity index (χ4v) is 3.57. The van der Waals surface area contributed by atoms with E-state index < -0.39 is 0 Å². The molecule has 0 spiro atoms. The molecule has 1 amide bonds. The highest BCUT2D eigenvalue weighted by Crippen LogP contribution is 2.15. The number of benzene rings is 1. The van der Waals surface area contributed by atoms with Crippen molar-refractivity contribution in [2.45, 2.75) is 59.9 Å². The molecule has 9 heteroatoms. The average Bonchev–Trinajstić information content (AvgIpc) is 3.06. The molecule has 1 saturated heterocycles. The van der Waals surface area contributed by atoms with E-state index in [4.69, 9.17) is 9.15 Å². The molecule has 2 atom stereocenters. The Kier molecular flexibility index (Phi) is 9.95. The molecule has 2 aromatic rings. The van der Waals surface area contributed by atoms with Crippen LogP contribution in [0.1, 0.15) is 54.0 Å². The topological polar surface area (TPSA) is 92.0 Å². The molecule has 2 unspecified atom stereocenters. The number of amides is 1. The largest absolute Gasteiger partial charge is 0.444 e. The fourth-order valence-electron chi connectivity index (χ4n) is 3.57. The second-order valence-electron chi connectivity index (χ2n) is 7.96. The van der Waals surface area contributed by atoms with E-state index in [1.165, 1.54) is 0 Å². The minimum atomic E-state index is 0. The molecule has 32 heavy (non-hydrogen) atoms. The number of aryl methyl sites for hydroxylation is 2. The Morgan fingerprint density at radius 2 is 1.81 bits per heavy atom. The van der Waals surface area contributed by atoms with Crippen molar-refractivity contribution in [3.05, 3.63) is 52.7 Å². The van der Waals surface area contributed by atoms with Gasteiger partial charge in [-0.3, -0.25) is 4.79 Å². The second kappa shape index (κ2) is 12.2. The molecule has 0 saturated carbocycles. The third-order valence-electron chi connectivity index (χ3n) is 5.15. The highest BCUT2D eigenvalue weighted by molar-refractivity contribution is 14.0. The summed E-state index contributed by atoms with van der Waals surface area (Å²) in [6.07, 6.45) is 0.116. The Balaban J connectivity index is 0.00000363. The molecule has 8 nitrogen and oxygen atoms in total. The Bertz CT molecular complexity index is 883. The number of oxazole rings is 1. The Morgan fingerprint density at radius 1 is 1.16 bits per heavy atom. The van der Waals surface area contributed by atoms with E-state index in [1.807, 2.05) is 63.8 Å². The first-order chi connectivity index (χ1) is 14.9. The van der Waals surface area contributed by atoms with Crippen molar-refractivity contribution >= 4 is 35.8 Å². The summed E-state index contributed by atoms with van der Waals surface area (Å²) < 4.78 is 11.3. The van der Waals surface area contributed by atoms with Crippen LogP contribution in [0, 0.1) is 13.8 Å². The van der Waals surface area contributed by atoms with Gasteiger partial charge in [-0.2, -0.15) is 0 Å². The van der Waals surface area contributed by atoms with Gasteiger partial charge in [0.2, 0.25) is 5.89 Å². The summed E-state index contributed by atoms with van der Waals surface area (Å²) >= 11 is 0. The number of guanidine groups is 1. The molecule has 1 aliphatic rings. The maximum absolute atomic E-state index is 12.8. The third kappa shape index (κ3) is 7.19. The van der Waals surface area contributed by atoms with Gasteiger partial charge in [0.15, 0.2) is 5.96 Å². The molecule has 1 aliphatic heterocycles. The molecular formula is C23H34IN5O3. The number of hydrogen-bond acceptors (Lipinski definition) is 5. The number of aromatic nitrogens is 1. The van der Waals surface area contributed by atoms with Crippen LogP contribution in [0.2, 0.25) is 0 Å². The standard InChI is InChI=1S/C23H33N5O3.HI/c1-6-24-23(26-12-21-27-17(4)18(5)31-21)25-11-19-7-9-20(10-8-19)22(29)28-13-15(2)30-16(3)14-28;/h7-10,15-16H,6,11-14H2,1-5H3,(H2,24,25,26);1H.